The predicted molar refractivity (Wildman–Crippen MR) is 183 cm³/mol. The maximum absolute atomic E-state index is 13.3. The van der Waals surface area contributed by atoms with Crippen molar-refractivity contribution in [1.82, 2.24) is 4.98 Å². The van der Waals surface area contributed by atoms with Crippen LogP contribution >= 0.6 is 11.8 Å². The number of aromatic nitrogens is 1. The number of pyridine rings is 1. The largest absolute Gasteiger partial charge is 0.306 e. The minimum absolute atomic E-state index is 0.251. The van der Waals surface area contributed by atoms with Gasteiger partial charge in [0.15, 0.2) is 0 Å². The second kappa shape index (κ2) is 11.1. The summed E-state index contributed by atoms with van der Waals surface area (Å²) < 4.78 is 26.6. The van der Waals surface area contributed by atoms with Crippen LogP contribution in [-0.2, 0) is 9.84 Å². The molecule has 0 N–H and O–H groups in total. The molecule has 6 heteroatoms. The van der Waals surface area contributed by atoms with Crippen LogP contribution in [0.3, 0.4) is 0 Å². The highest BCUT2D eigenvalue weighted by Crippen LogP contribution is 2.52. The number of sulfone groups is 1. The van der Waals surface area contributed by atoms with Crippen LogP contribution in [0.5, 0.6) is 0 Å². The van der Waals surface area contributed by atoms with Gasteiger partial charge >= 0.3 is 0 Å². The van der Waals surface area contributed by atoms with Gasteiger partial charge in [0.2, 0.25) is 9.84 Å². The first-order valence-electron chi connectivity index (χ1n) is 14.6. The Labute approximate surface area is 266 Å². The minimum Gasteiger partial charge on any atom is -0.306 e. The molecule has 0 fully saturated rings. The van der Waals surface area contributed by atoms with Gasteiger partial charge in [-0.15, -0.1) is 0 Å². The third kappa shape index (κ3) is 4.79. The van der Waals surface area contributed by atoms with Gasteiger partial charge in [-0.25, -0.2) is 13.4 Å². The molecule has 0 amide bonds. The van der Waals surface area contributed by atoms with Gasteiger partial charge in [-0.05, 0) is 71.8 Å². The predicted octanol–water partition coefficient (Wildman–Crippen LogP) is 10.3. The molecule has 4 nitrogen and oxygen atoms in total. The fraction of sp³-hybridized carbons (Fsp3) is 0. The number of para-hydroxylation sites is 3. The molecular formula is C39H26N2O2S2. The van der Waals surface area contributed by atoms with Crippen molar-refractivity contribution >= 4 is 49.6 Å². The molecule has 45 heavy (non-hydrogen) atoms. The lowest BCUT2D eigenvalue weighted by molar-refractivity contribution is 0.596. The highest BCUT2D eigenvalue weighted by atomic mass is 32.2. The zero-order chi connectivity index (χ0) is 30.4. The first-order chi connectivity index (χ1) is 22.1. The van der Waals surface area contributed by atoms with Crippen molar-refractivity contribution in [3.05, 3.63) is 158 Å². The maximum atomic E-state index is 13.3. The number of rotatable bonds is 5. The summed E-state index contributed by atoms with van der Waals surface area (Å²) in [6, 6.07) is 51.3. The lowest BCUT2D eigenvalue weighted by Crippen LogP contribution is -2.15. The molecule has 6 aromatic carbocycles. The van der Waals surface area contributed by atoms with Crippen LogP contribution in [0.25, 0.3) is 33.3 Å². The highest BCUT2D eigenvalue weighted by Gasteiger charge is 2.27. The summed E-state index contributed by atoms with van der Waals surface area (Å²) in [4.78, 5) is 10.5. The molecule has 7 aromatic rings. The fourth-order valence-corrected chi connectivity index (χ4v) is 8.26. The third-order valence-corrected chi connectivity index (χ3v) is 11.0. The van der Waals surface area contributed by atoms with E-state index < -0.39 is 9.84 Å². The van der Waals surface area contributed by atoms with Gasteiger partial charge in [-0.1, -0.05) is 109 Å². The van der Waals surface area contributed by atoms with Gasteiger partial charge in [0.05, 0.1) is 38.1 Å². The van der Waals surface area contributed by atoms with Crippen molar-refractivity contribution in [2.24, 2.45) is 0 Å². The third-order valence-electron chi connectivity index (χ3n) is 8.09. The van der Waals surface area contributed by atoms with Crippen molar-refractivity contribution in [1.29, 1.82) is 0 Å². The number of hydrogen-bond acceptors (Lipinski definition) is 5. The molecule has 0 spiro atoms. The Morgan fingerprint density at radius 2 is 1.07 bits per heavy atom. The minimum atomic E-state index is -3.63. The summed E-state index contributed by atoms with van der Waals surface area (Å²) in [6.45, 7) is 0. The molecule has 0 atom stereocenters. The molecule has 8 rings (SSSR count). The fourth-order valence-electron chi connectivity index (χ4n) is 5.92. The average molecular weight is 619 g/mol. The summed E-state index contributed by atoms with van der Waals surface area (Å²) in [5, 5.41) is 1.04. The number of anilines is 3. The molecule has 0 radical (unpaired) electrons. The Morgan fingerprint density at radius 1 is 0.511 bits per heavy atom. The lowest BCUT2D eigenvalue weighted by atomic mass is 9.97. The Kier molecular flexibility index (Phi) is 6.74. The maximum Gasteiger partial charge on any atom is 0.206 e. The number of fused-ring (bicyclic) bond motifs is 3. The van der Waals surface area contributed by atoms with Gasteiger partial charge in [0, 0.05) is 20.7 Å². The van der Waals surface area contributed by atoms with Crippen LogP contribution in [-0.4, -0.2) is 13.4 Å². The van der Waals surface area contributed by atoms with Crippen LogP contribution in [0.15, 0.2) is 177 Å². The second-order valence-corrected chi connectivity index (χ2v) is 13.8. The summed E-state index contributed by atoms with van der Waals surface area (Å²) in [7, 11) is -3.63. The summed E-state index contributed by atoms with van der Waals surface area (Å²) in [5.74, 6) is 0. The molecule has 0 saturated carbocycles. The van der Waals surface area contributed by atoms with E-state index in [0.717, 1.165) is 50.3 Å². The molecule has 1 aliphatic heterocycles. The first kappa shape index (κ1) is 27.4. The SMILES string of the molecule is O=S(=O)(c1ccccc1)c1ccc(-c2cc(-c3ccccc3)c3cccc(N4c5ccccc5Sc5ccccc54)c3n2)cc1. The van der Waals surface area contributed by atoms with E-state index in [1.165, 1.54) is 9.79 Å². The zero-order valence-corrected chi connectivity index (χ0v) is 25.7. The topological polar surface area (TPSA) is 50.3 Å². The molecule has 216 valence electrons. The molecule has 0 bridgehead atoms. The van der Waals surface area contributed by atoms with Crippen LogP contribution in [0, 0.1) is 0 Å². The monoisotopic (exact) mass is 618 g/mol. The molecule has 1 aliphatic rings. The van der Waals surface area contributed by atoms with Gasteiger partial charge in [0.25, 0.3) is 0 Å². The smallest absolute Gasteiger partial charge is 0.206 e. The second-order valence-electron chi connectivity index (χ2n) is 10.8. The van der Waals surface area contributed by atoms with Crippen LogP contribution < -0.4 is 4.90 Å². The van der Waals surface area contributed by atoms with E-state index in [1.807, 2.05) is 36.4 Å². The number of benzene rings is 6. The van der Waals surface area contributed by atoms with Gasteiger partial charge < -0.3 is 4.90 Å². The van der Waals surface area contributed by atoms with Crippen LogP contribution in [0.4, 0.5) is 17.1 Å². The molecule has 2 heterocycles. The van der Waals surface area contributed by atoms with Crippen LogP contribution in [0.1, 0.15) is 0 Å². The Morgan fingerprint density at radius 3 is 1.73 bits per heavy atom. The Hall–Kier alpha value is -5.17. The molecular weight excluding hydrogens is 593 g/mol. The van der Waals surface area contributed by atoms with Gasteiger partial charge in [0.1, 0.15) is 0 Å². The van der Waals surface area contributed by atoms with E-state index >= 15 is 0 Å². The molecule has 1 aromatic heterocycles. The van der Waals surface area contributed by atoms with Gasteiger partial charge in [-0.3, -0.25) is 0 Å². The summed E-state index contributed by atoms with van der Waals surface area (Å²) >= 11 is 1.78. The molecule has 0 saturated heterocycles. The molecule has 0 unspecified atom stereocenters. The van der Waals surface area contributed by atoms with E-state index in [0.29, 0.717) is 0 Å². The average Bonchev–Trinajstić information content (AvgIpc) is 3.11. The Bertz CT molecular complexity index is 2260. The lowest BCUT2D eigenvalue weighted by Gasteiger charge is -2.33. The van der Waals surface area contributed by atoms with Crippen molar-refractivity contribution in [2.75, 3.05) is 4.90 Å². The van der Waals surface area contributed by atoms with E-state index in [1.54, 1.807) is 48.2 Å². The summed E-state index contributed by atoms with van der Waals surface area (Å²) in [6.07, 6.45) is 0. The molecule has 0 aliphatic carbocycles. The van der Waals surface area contributed by atoms with E-state index in [2.05, 4.69) is 89.8 Å². The van der Waals surface area contributed by atoms with Crippen molar-refractivity contribution in [2.45, 2.75) is 19.6 Å². The van der Waals surface area contributed by atoms with Crippen LogP contribution in [0.2, 0.25) is 0 Å². The zero-order valence-electron chi connectivity index (χ0n) is 24.0. The number of hydrogen-bond donors (Lipinski definition) is 0. The van der Waals surface area contributed by atoms with Crippen molar-refractivity contribution in [3.63, 3.8) is 0 Å². The van der Waals surface area contributed by atoms with E-state index in [9.17, 15) is 8.42 Å². The summed E-state index contributed by atoms with van der Waals surface area (Å²) in [5.41, 5.74) is 7.82. The Balaban J connectivity index is 1.34. The highest BCUT2D eigenvalue weighted by molar-refractivity contribution is 7.99. The quantitative estimate of drug-likeness (QED) is 0.192. The van der Waals surface area contributed by atoms with Crippen molar-refractivity contribution in [3.8, 4) is 22.4 Å². The normalized spacial score (nSPS) is 12.5. The van der Waals surface area contributed by atoms with E-state index in [-0.39, 0.29) is 9.79 Å². The van der Waals surface area contributed by atoms with Gasteiger partial charge in [-0.2, -0.15) is 0 Å². The number of nitrogens with zero attached hydrogens (tertiary/aromatic N) is 2. The standard InChI is InChI=1S/C39H26N2O2S2/c42-45(43,29-14-5-2-6-15-29)30-24-22-28(23-25-30)33-26-32(27-12-3-1-4-13-27)31-16-11-19-36(39(31)40-33)41-34-17-7-9-20-37(34)44-38-21-10-8-18-35(38)41/h1-26H. The van der Waals surface area contributed by atoms with Crippen molar-refractivity contribution < 1.29 is 8.42 Å². The van der Waals surface area contributed by atoms with E-state index in [4.69, 9.17) is 4.98 Å². The first-order valence-corrected chi connectivity index (χ1v) is 16.9.